The largest absolute Gasteiger partial charge is 0.454 e. The van der Waals surface area contributed by atoms with Crippen molar-refractivity contribution < 1.29 is 13.9 Å². The van der Waals surface area contributed by atoms with Gasteiger partial charge < -0.3 is 20.1 Å². The number of nitrogens with zero attached hydrogens (tertiary/aromatic N) is 4. The van der Waals surface area contributed by atoms with Crippen LogP contribution in [-0.2, 0) is 6.54 Å². The average Bonchev–Trinajstić information content (AvgIpc) is 3.22. The maximum atomic E-state index is 13.2. The molecule has 0 saturated carbocycles. The third kappa shape index (κ3) is 3.57. The number of halogens is 1. The van der Waals surface area contributed by atoms with Gasteiger partial charge in [0.2, 0.25) is 12.7 Å². The zero-order valence-electron chi connectivity index (χ0n) is 15.1. The molecule has 0 amide bonds. The first kappa shape index (κ1) is 17.1. The molecule has 0 atom stereocenters. The molecule has 0 unspecified atom stereocenters. The van der Waals surface area contributed by atoms with Gasteiger partial charge in [0, 0.05) is 24.6 Å². The molecule has 0 aliphatic carbocycles. The van der Waals surface area contributed by atoms with Crippen LogP contribution in [0.2, 0.25) is 0 Å². The van der Waals surface area contributed by atoms with Crippen molar-refractivity contribution in [2.24, 2.45) is 0 Å². The molecule has 4 aromatic rings. The number of rotatable bonds is 5. The normalized spacial score (nSPS) is 12.2. The van der Waals surface area contributed by atoms with E-state index >= 15 is 0 Å². The number of hydrogen-bond donors (Lipinski definition) is 2. The molecule has 2 N–H and O–H groups in total. The smallest absolute Gasteiger partial charge is 0.231 e. The van der Waals surface area contributed by atoms with Crippen molar-refractivity contribution in [2.45, 2.75) is 6.54 Å². The van der Waals surface area contributed by atoms with E-state index in [0.29, 0.717) is 40.9 Å². The number of hydrogen-bond acceptors (Lipinski definition) is 8. The van der Waals surface area contributed by atoms with Gasteiger partial charge in [0.1, 0.15) is 5.82 Å². The Balaban J connectivity index is 1.42. The molecule has 0 saturated heterocycles. The molecule has 0 fully saturated rings. The van der Waals surface area contributed by atoms with E-state index in [1.165, 1.54) is 12.1 Å². The topological polar surface area (TPSA) is 94.1 Å². The van der Waals surface area contributed by atoms with Gasteiger partial charge in [-0.3, -0.25) is 0 Å². The summed E-state index contributed by atoms with van der Waals surface area (Å²) in [4.78, 5) is 17.5. The van der Waals surface area contributed by atoms with Crippen LogP contribution >= 0.6 is 0 Å². The monoisotopic (exact) mass is 390 g/mol. The van der Waals surface area contributed by atoms with Crippen LogP contribution in [-0.4, -0.2) is 26.7 Å². The molecular formula is C20H15FN6O2. The van der Waals surface area contributed by atoms with Gasteiger partial charge in [0.15, 0.2) is 28.5 Å². The number of benzene rings is 2. The van der Waals surface area contributed by atoms with Crippen LogP contribution in [0, 0.1) is 5.82 Å². The molecule has 3 heterocycles. The van der Waals surface area contributed by atoms with Gasteiger partial charge in [-0.25, -0.2) is 14.4 Å². The minimum Gasteiger partial charge on any atom is -0.454 e. The summed E-state index contributed by atoms with van der Waals surface area (Å²) in [7, 11) is 0. The van der Waals surface area contributed by atoms with Gasteiger partial charge in [-0.15, -0.1) is 0 Å². The fraction of sp³-hybridized carbons (Fsp3) is 0.100. The van der Waals surface area contributed by atoms with E-state index in [-0.39, 0.29) is 12.6 Å². The quantitative estimate of drug-likeness (QED) is 0.533. The first-order chi connectivity index (χ1) is 14.2. The Bertz CT molecular complexity index is 1190. The van der Waals surface area contributed by atoms with E-state index < -0.39 is 0 Å². The van der Waals surface area contributed by atoms with E-state index in [0.717, 1.165) is 11.3 Å². The molecule has 0 radical (unpaired) electrons. The fourth-order valence-corrected chi connectivity index (χ4v) is 2.93. The van der Waals surface area contributed by atoms with Crippen LogP contribution in [0.3, 0.4) is 0 Å². The summed E-state index contributed by atoms with van der Waals surface area (Å²) in [6, 6.07) is 11.7. The average molecular weight is 390 g/mol. The molecule has 5 rings (SSSR count). The predicted molar refractivity (Wildman–Crippen MR) is 105 cm³/mol. The second-order valence-electron chi connectivity index (χ2n) is 6.30. The van der Waals surface area contributed by atoms with Crippen LogP contribution in [0.25, 0.3) is 11.2 Å². The highest BCUT2D eigenvalue weighted by molar-refractivity contribution is 5.85. The summed E-state index contributed by atoms with van der Waals surface area (Å²) in [5, 5.41) is 6.34. The molecule has 2 aromatic heterocycles. The van der Waals surface area contributed by atoms with E-state index in [9.17, 15) is 4.39 Å². The maximum absolute atomic E-state index is 13.2. The molecule has 0 spiro atoms. The van der Waals surface area contributed by atoms with Crippen molar-refractivity contribution in [1.82, 2.24) is 19.9 Å². The van der Waals surface area contributed by atoms with Crippen LogP contribution in [0.15, 0.2) is 54.9 Å². The van der Waals surface area contributed by atoms with Crippen molar-refractivity contribution in [1.29, 1.82) is 0 Å². The fourth-order valence-electron chi connectivity index (χ4n) is 2.93. The SMILES string of the molecule is Fc1ccc(Nc2nc(NCc3ccc4c(c3)OCO4)nc3nccnc23)cc1. The third-order valence-corrected chi connectivity index (χ3v) is 4.33. The molecule has 1 aliphatic heterocycles. The van der Waals surface area contributed by atoms with Gasteiger partial charge in [-0.1, -0.05) is 6.07 Å². The van der Waals surface area contributed by atoms with Gasteiger partial charge in [0.25, 0.3) is 0 Å². The zero-order valence-corrected chi connectivity index (χ0v) is 15.1. The van der Waals surface area contributed by atoms with Crippen LogP contribution in [0.1, 0.15) is 5.56 Å². The van der Waals surface area contributed by atoms with Crippen molar-refractivity contribution in [3.63, 3.8) is 0 Å². The Morgan fingerprint density at radius 3 is 2.66 bits per heavy atom. The summed E-state index contributed by atoms with van der Waals surface area (Å²) in [5.74, 6) is 2.00. The number of aromatic nitrogens is 4. The summed E-state index contributed by atoms with van der Waals surface area (Å²) < 4.78 is 23.9. The van der Waals surface area contributed by atoms with Crippen molar-refractivity contribution in [3.05, 3.63) is 66.2 Å². The number of fused-ring (bicyclic) bond motifs is 2. The predicted octanol–water partition coefficient (Wildman–Crippen LogP) is 3.64. The second-order valence-corrected chi connectivity index (χ2v) is 6.30. The Labute approximate surface area is 164 Å². The van der Waals surface area contributed by atoms with Gasteiger partial charge >= 0.3 is 0 Å². The number of ether oxygens (including phenoxy) is 2. The lowest BCUT2D eigenvalue weighted by Crippen LogP contribution is -2.07. The Morgan fingerprint density at radius 1 is 0.931 bits per heavy atom. The molecular weight excluding hydrogens is 375 g/mol. The second kappa shape index (κ2) is 7.19. The van der Waals surface area contributed by atoms with Crippen molar-refractivity contribution in [2.75, 3.05) is 17.4 Å². The van der Waals surface area contributed by atoms with Gasteiger partial charge in [-0.2, -0.15) is 9.97 Å². The van der Waals surface area contributed by atoms with Crippen LogP contribution in [0.5, 0.6) is 11.5 Å². The van der Waals surface area contributed by atoms with Crippen molar-refractivity contribution >= 4 is 28.6 Å². The molecule has 1 aliphatic rings. The Kier molecular flexibility index (Phi) is 4.24. The molecule has 144 valence electrons. The van der Waals surface area contributed by atoms with Crippen molar-refractivity contribution in [3.8, 4) is 11.5 Å². The third-order valence-electron chi connectivity index (χ3n) is 4.33. The molecule has 9 heteroatoms. The number of nitrogens with one attached hydrogen (secondary N) is 2. The lowest BCUT2D eigenvalue weighted by molar-refractivity contribution is 0.174. The first-order valence-electron chi connectivity index (χ1n) is 8.88. The molecule has 29 heavy (non-hydrogen) atoms. The summed E-state index contributed by atoms with van der Waals surface area (Å²) in [6.07, 6.45) is 3.14. The van der Waals surface area contributed by atoms with Crippen LogP contribution in [0.4, 0.5) is 21.8 Å². The van der Waals surface area contributed by atoms with Gasteiger partial charge in [-0.05, 0) is 42.0 Å². The highest BCUT2D eigenvalue weighted by atomic mass is 19.1. The molecule has 0 bridgehead atoms. The summed E-state index contributed by atoms with van der Waals surface area (Å²) in [5.41, 5.74) is 2.63. The zero-order chi connectivity index (χ0) is 19.6. The van der Waals surface area contributed by atoms with E-state index in [2.05, 4.69) is 30.6 Å². The number of anilines is 3. The van der Waals surface area contributed by atoms with E-state index in [4.69, 9.17) is 9.47 Å². The minimum atomic E-state index is -0.311. The van der Waals surface area contributed by atoms with Crippen LogP contribution < -0.4 is 20.1 Å². The minimum absolute atomic E-state index is 0.233. The van der Waals surface area contributed by atoms with Gasteiger partial charge in [0.05, 0.1) is 0 Å². The highest BCUT2D eigenvalue weighted by Gasteiger charge is 2.14. The first-order valence-corrected chi connectivity index (χ1v) is 8.88. The lowest BCUT2D eigenvalue weighted by Gasteiger charge is -2.11. The standard InChI is InChI=1S/C20H15FN6O2/c21-13-2-4-14(5-3-13)25-19-17-18(23-8-7-22-17)26-20(27-19)24-10-12-1-6-15-16(9-12)29-11-28-15/h1-9H,10-11H2,(H2,23,24,25,26,27). The Morgan fingerprint density at radius 2 is 1.76 bits per heavy atom. The Hall–Kier alpha value is -4.01. The molecule has 8 nitrogen and oxygen atoms in total. The lowest BCUT2D eigenvalue weighted by atomic mass is 10.2. The van der Waals surface area contributed by atoms with E-state index in [1.807, 2.05) is 18.2 Å². The summed E-state index contributed by atoms with van der Waals surface area (Å²) >= 11 is 0. The van der Waals surface area contributed by atoms with E-state index in [1.54, 1.807) is 24.5 Å². The highest BCUT2D eigenvalue weighted by Crippen LogP contribution is 2.32. The summed E-state index contributed by atoms with van der Waals surface area (Å²) in [6.45, 7) is 0.718. The molecule has 2 aromatic carbocycles. The maximum Gasteiger partial charge on any atom is 0.231 e.